The van der Waals surface area contributed by atoms with Crippen LogP contribution in [0.2, 0.25) is 0 Å². The van der Waals surface area contributed by atoms with Gasteiger partial charge in [0.05, 0.1) is 44.5 Å². The SMILES string of the molecule is [2H]C([2H])([2H])C([2H])([2H])Oc1ccc(C(CS(C)(=O)=O)N2C(=O)c3cccc(NC(C)=O)c3C2=O)cc1OCC. The number of nitrogens with one attached hydrogen (secondary N) is 1. The number of sulfone groups is 1. The number of nitrogens with zero attached hydrogens (tertiary/aromatic N) is 1. The number of carbonyl (C=O) groups excluding carboxylic acids is 3. The molecule has 9 nitrogen and oxygen atoms in total. The van der Waals surface area contributed by atoms with E-state index < -0.39 is 52.8 Å². The lowest BCUT2D eigenvalue weighted by Crippen LogP contribution is -2.37. The van der Waals surface area contributed by atoms with Gasteiger partial charge in [0.25, 0.3) is 11.8 Å². The number of benzene rings is 2. The quantitative estimate of drug-likeness (QED) is 0.549. The predicted octanol–water partition coefficient (Wildman–Crippen LogP) is 2.82. The Morgan fingerprint density at radius 3 is 2.58 bits per heavy atom. The van der Waals surface area contributed by atoms with Crippen LogP contribution in [-0.2, 0) is 14.6 Å². The van der Waals surface area contributed by atoms with Gasteiger partial charge < -0.3 is 14.8 Å². The van der Waals surface area contributed by atoms with Crippen LogP contribution in [-0.4, -0.2) is 56.2 Å². The zero-order chi connectivity index (χ0) is 28.6. The van der Waals surface area contributed by atoms with Crippen LogP contribution in [0.1, 0.15) is 59.9 Å². The van der Waals surface area contributed by atoms with E-state index in [2.05, 4.69) is 5.32 Å². The molecule has 176 valence electrons. The van der Waals surface area contributed by atoms with Gasteiger partial charge in [-0.1, -0.05) is 12.1 Å². The summed E-state index contributed by atoms with van der Waals surface area (Å²) in [6.45, 7) is -3.30. The van der Waals surface area contributed by atoms with Crippen molar-refractivity contribution in [1.29, 1.82) is 0 Å². The van der Waals surface area contributed by atoms with Crippen LogP contribution in [0.15, 0.2) is 36.4 Å². The first-order valence-corrected chi connectivity index (χ1v) is 11.9. The fraction of sp³-hybridized carbons (Fsp3) is 0.348. The maximum Gasteiger partial charge on any atom is 0.264 e. The van der Waals surface area contributed by atoms with Crippen molar-refractivity contribution in [3.63, 3.8) is 0 Å². The third kappa shape index (κ3) is 5.16. The molecule has 0 aromatic heterocycles. The molecule has 10 heteroatoms. The molecule has 2 aromatic carbocycles. The summed E-state index contributed by atoms with van der Waals surface area (Å²) in [5, 5.41) is 2.50. The molecule has 33 heavy (non-hydrogen) atoms. The summed E-state index contributed by atoms with van der Waals surface area (Å²) in [6.07, 6.45) is 0.937. The molecule has 2 aromatic rings. The molecule has 0 aliphatic carbocycles. The van der Waals surface area contributed by atoms with Crippen LogP contribution in [0.25, 0.3) is 0 Å². The summed E-state index contributed by atoms with van der Waals surface area (Å²) >= 11 is 0. The maximum absolute atomic E-state index is 13.5. The summed E-state index contributed by atoms with van der Waals surface area (Å²) in [6, 6.07) is 6.71. The summed E-state index contributed by atoms with van der Waals surface area (Å²) < 4.78 is 72.9. The first-order chi connectivity index (χ1) is 17.5. The Labute approximate surface area is 199 Å². The Morgan fingerprint density at radius 2 is 1.94 bits per heavy atom. The highest BCUT2D eigenvalue weighted by Crippen LogP contribution is 2.38. The van der Waals surface area contributed by atoms with E-state index in [-0.39, 0.29) is 40.5 Å². The molecular formula is C23H26N2O7S. The minimum Gasteiger partial charge on any atom is -0.490 e. The minimum atomic E-state index is -3.78. The third-order valence-corrected chi connectivity index (χ3v) is 5.76. The highest BCUT2D eigenvalue weighted by atomic mass is 32.2. The topological polar surface area (TPSA) is 119 Å². The largest absolute Gasteiger partial charge is 0.490 e. The normalized spacial score (nSPS) is 17.2. The van der Waals surface area contributed by atoms with Gasteiger partial charge in [-0.15, -0.1) is 0 Å². The molecule has 0 saturated heterocycles. The van der Waals surface area contributed by atoms with Crippen molar-refractivity contribution in [2.45, 2.75) is 26.7 Å². The lowest BCUT2D eigenvalue weighted by Gasteiger charge is -2.27. The first kappa shape index (κ1) is 18.1. The van der Waals surface area contributed by atoms with Crippen LogP contribution in [0, 0.1) is 0 Å². The summed E-state index contributed by atoms with van der Waals surface area (Å²) in [7, 11) is -3.78. The van der Waals surface area contributed by atoms with E-state index >= 15 is 0 Å². The second kappa shape index (κ2) is 9.62. The highest BCUT2D eigenvalue weighted by Gasteiger charge is 2.43. The van der Waals surface area contributed by atoms with Gasteiger partial charge in [0.1, 0.15) is 9.84 Å². The van der Waals surface area contributed by atoms with Crippen molar-refractivity contribution < 1.29 is 39.1 Å². The summed E-state index contributed by atoms with van der Waals surface area (Å²) in [5.41, 5.74) is 0.133. The van der Waals surface area contributed by atoms with Gasteiger partial charge in [0, 0.05) is 17.3 Å². The molecule has 1 unspecified atom stereocenters. The van der Waals surface area contributed by atoms with E-state index in [1.54, 1.807) is 6.92 Å². The number of amides is 3. The van der Waals surface area contributed by atoms with Gasteiger partial charge in [-0.3, -0.25) is 19.3 Å². The molecule has 3 amide bonds. The Balaban J connectivity index is 2.12. The van der Waals surface area contributed by atoms with Crippen LogP contribution in [0.3, 0.4) is 0 Å². The third-order valence-electron chi connectivity index (χ3n) is 4.84. The van der Waals surface area contributed by atoms with E-state index in [4.69, 9.17) is 16.3 Å². The Hall–Kier alpha value is -3.40. The molecular weight excluding hydrogens is 448 g/mol. The Bertz CT molecular complexity index is 1390. The zero-order valence-corrected chi connectivity index (χ0v) is 19.0. The number of carbonyl (C=O) groups is 3. The average Bonchev–Trinajstić information content (AvgIpc) is 3.02. The molecule has 1 aliphatic rings. The van der Waals surface area contributed by atoms with Crippen molar-refractivity contribution in [3.8, 4) is 11.5 Å². The smallest absolute Gasteiger partial charge is 0.264 e. The summed E-state index contributed by atoms with van der Waals surface area (Å²) in [4.78, 5) is 39.2. The fourth-order valence-corrected chi connectivity index (χ4v) is 4.54. The monoisotopic (exact) mass is 479 g/mol. The lowest BCUT2D eigenvalue weighted by molar-refractivity contribution is -0.114. The molecule has 0 saturated carbocycles. The Morgan fingerprint density at radius 1 is 1.18 bits per heavy atom. The van der Waals surface area contributed by atoms with E-state index in [1.807, 2.05) is 0 Å². The van der Waals surface area contributed by atoms with Crippen LogP contribution in [0.4, 0.5) is 5.69 Å². The molecule has 3 rings (SSSR count). The number of rotatable bonds is 9. The van der Waals surface area contributed by atoms with Crippen molar-refractivity contribution in [2.75, 3.05) is 30.5 Å². The minimum absolute atomic E-state index is 0.0180. The van der Waals surface area contributed by atoms with Gasteiger partial charge in [-0.05, 0) is 43.6 Å². The van der Waals surface area contributed by atoms with Gasteiger partial charge in [0.2, 0.25) is 5.91 Å². The van der Waals surface area contributed by atoms with Gasteiger partial charge in [0.15, 0.2) is 11.5 Å². The number of fused-ring (bicyclic) bond motifs is 1. The van der Waals surface area contributed by atoms with Crippen molar-refractivity contribution in [3.05, 3.63) is 53.1 Å². The van der Waals surface area contributed by atoms with Crippen LogP contribution in [0.5, 0.6) is 11.5 Å². The standard InChI is InChI=1S/C23H26N2O7S/c1-5-31-19-11-10-15(12-20(19)32-6-2)18(13-33(4,29)30)25-22(27)16-8-7-9-17(24-14(3)26)21(16)23(25)28/h7-12,18H,5-6,13H2,1-4H3,(H,24,26)/i1D3,5D2. The van der Waals surface area contributed by atoms with E-state index in [0.717, 1.165) is 11.2 Å². The molecule has 1 N–H and O–H groups in total. The predicted molar refractivity (Wildman–Crippen MR) is 122 cm³/mol. The van der Waals surface area contributed by atoms with Gasteiger partial charge in [-0.25, -0.2) is 8.42 Å². The molecule has 1 aliphatic heterocycles. The number of imide groups is 1. The molecule has 0 radical (unpaired) electrons. The van der Waals surface area contributed by atoms with Crippen molar-refractivity contribution in [1.82, 2.24) is 4.90 Å². The van der Waals surface area contributed by atoms with Gasteiger partial charge in [-0.2, -0.15) is 0 Å². The molecule has 0 fully saturated rings. The highest BCUT2D eigenvalue weighted by molar-refractivity contribution is 7.90. The zero-order valence-electron chi connectivity index (χ0n) is 23.2. The first-order valence-electron chi connectivity index (χ1n) is 12.4. The molecule has 1 heterocycles. The number of ether oxygens (including phenoxy) is 2. The number of anilines is 1. The molecule has 0 bridgehead atoms. The number of hydrogen-bond acceptors (Lipinski definition) is 7. The molecule has 0 spiro atoms. The van der Waals surface area contributed by atoms with E-state index in [0.29, 0.717) is 0 Å². The maximum atomic E-state index is 13.5. The second-order valence-corrected chi connectivity index (χ2v) is 9.53. The second-order valence-electron chi connectivity index (χ2n) is 7.34. The van der Waals surface area contributed by atoms with Gasteiger partial charge >= 0.3 is 0 Å². The lowest BCUT2D eigenvalue weighted by atomic mass is 10.1. The van der Waals surface area contributed by atoms with Crippen LogP contribution >= 0.6 is 0 Å². The van der Waals surface area contributed by atoms with Crippen molar-refractivity contribution in [2.24, 2.45) is 0 Å². The van der Waals surface area contributed by atoms with Crippen molar-refractivity contribution >= 4 is 33.2 Å². The fourth-order valence-electron chi connectivity index (χ4n) is 3.63. The summed E-state index contributed by atoms with van der Waals surface area (Å²) in [5.74, 6) is -3.12. The average molecular weight is 480 g/mol. The molecule has 1 atom stereocenters. The van der Waals surface area contributed by atoms with E-state index in [9.17, 15) is 22.8 Å². The Kier molecular flexibility index (Phi) is 5.27. The van der Waals surface area contributed by atoms with Crippen LogP contribution < -0.4 is 14.8 Å². The number of hydrogen-bond donors (Lipinski definition) is 1. The van der Waals surface area contributed by atoms with E-state index in [1.165, 1.54) is 43.3 Å².